The molecule has 0 spiro atoms. The number of aryl methyl sites for hydroxylation is 1. The van der Waals surface area contributed by atoms with Crippen LogP contribution in [-0.4, -0.2) is 27.5 Å². The largest absolute Gasteiger partial charge is 0.391 e. The molecule has 2 rings (SSSR count). The molecule has 1 unspecified atom stereocenters. The highest BCUT2D eigenvalue weighted by Gasteiger charge is 2.04. The van der Waals surface area contributed by atoms with Gasteiger partial charge in [-0.3, -0.25) is 4.68 Å². The van der Waals surface area contributed by atoms with Gasteiger partial charge in [-0.15, -0.1) is 0 Å². The lowest BCUT2D eigenvalue weighted by atomic mass is 10.1. The van der Waals surface area contributed by atoms with Crippen molar-refractivity contribution in [2.45, 2.75) is 32.5 Å². The zero-order chi connectivity index (χ0) is 14.2. The van der Waals surface area contributed by atoms with Gasteiger partial charge in [0.1, 0.15) is 0 Å². The minimum absolute atomic E-state index is 0.464. The van der Waals surface area contributed by atoms with Crippen molar-refractivity contribution in [3.8, 4) is 0 Å². The van der Waals surface area contributed by atoms with Gasteiger partial charge in [-0.25, -0.2) is 0 Å². The Morgan fingerprint density at radius 1 is 1.35 bits per heavy atom. The third-order valence-electron chi connectivity index (χ3n) is 3.21. The third kappa shape index (κ3) is 4.79. The fourth-order valence-electron chi connectivity index (χ4n) is 2.05. The van der Waals surface area contributed by atoms with E-state index in [0.29, 0.717) is 13.1 Å². The van der Waals surface area contributed by atoms with Crippen LogP contribution < -0.4 is 5.32 Å². The van der Waals surface area contributed by atoms with Crippen molar-refractivity contribution in [1.82, 2.24) is 15.1 Å². The van der Waals surface area contributed by atoms with Crippen LogP contribution in [0.3, 0.4) is 0 Å². The van der Waals surface area contributed by atoms with E-state index in [9.17, 15) is 5.11 Å². The van der Waals surface area contributed by atoms with E-state index >= 15 is 0 Å². The number of aliphatic hydroxyl groups excluding tert-OH is 1. The second-order valence-electron chi connectivity index (χ2n) is 4.84. The van der Waals surface area contributed by atoms with Gasteiger partial charge in [0, 0.05) is 38.4 Å². The molecular weight excluding hydrogens is 250 g/mol. The van der Waals surface area contributed by atoms with Crippen LogP contribution in [0, 0.1) is 6.42 Å². The number of nitrogens with zero attached hydrogens (tertiary/aromatic N) is 2. The van der Waals surface area contributed by atoms with E-state index in [1.807, 2.05) is 18.7 Å². The zero-order valence-corrected chi connectivity index (χ0v) is 11.9. The Bertz CT molecular complexity index is 496. The molecule has 0 aliphatic heterocycles. The van der Waals surface area contributed by atoms with Crippen molar-refractivity contribution in [2.75, 3.05) is 6.54 Å². The first kappa shape index (κ1) is 14.8. The summed E-state index contributed by atoms with van der Waals surface area (Å²) in [6, 6.07) is 10.4. The molecule has 4 heteroatoms. The van der Waals surface area contributed by atoms with Crippen LogP contribution >= 0.6 is 0 Å². The lowest BCUT2D eigenvalue weighted by Crippen LogP contribution is -2.28. The zero-order valence-electron chi connectivity index (χ0n) is 11.9. The highest BCUT2D eigenvalue weighted by molar-refractivity contribution is 5.23. The highest BCUT2D eigenvalue weighted by Crippen LogP contribution is 2.05. The summed E-state index contributed by atoms with van der Waals surface area (Å²) < 4.78 is 1.79. The fourth-order valence-corrected chi connectivity index (χ4v) is 2.05. The highest BCUT2D eigenvalue weighted by atomic mass is 16.3. The molecule has 1 aromatic heterocycles. The van der Waals surface area contributed by atoms with Crippen molar-refractivity contribution in [3.05, 3.63) is 60.3 Å². The van der Waals surface area contributed by atoms with Gasteiger partial charge >= 0.3 is 0 Å². The third-order valence-corrected chi connectivity index (χ3v) is 3.21. The average molecular weight is 272 g/mol. The minimum atomic E-state index is -0.464. The molecule has 0 amide bonds. The van der Waals surface area contributed by atoms with Crippen LogP contribution in [0.25, 0.3) is 0 Å². The van der Waals surface area contributed by atoms with Crippen LogP contribution in [0.2, 0.25) is 0 Å². The van der Waals surface area contributed by atoms with Crippen molar-refractivity contribution in [1.29, 1.82) is 0 Å². The lowest BCUT2D eigenvalue weighted by molar-refractivity contribution is 0.195. The second-order valence-corrected chi connectivity index (χ2v) is 4.84. The molecule has 0 bridgehead atoms. The quantitative estimate of drug-likeness (QED) is 0.770. The molecule has 0 saturated carbocycles. The molecule has 107 valence electrons. The Labute approximate surface area is 120 Å². The molecular formula is C16H22N3O. The van der Waals surface area contributed by atoms with E-state index in [4.69, 9.17) is 0 Å². The molecule has 2 aromatic rings. The minimum Gasteiger partial charge on any atom is -0.391 e. The smallest absolute Gasteiger partial charge is 0.0714 e. The van der Waals surface area contributed by atoms with E-state index in [1.165, 1.54) is 11.1 Å². The van der Waals surface area contributed by atoms with Gasteiger partial charge in [-0.1, -0.05) is 31.2 Å². The normalized spacial score (nSPS) is 12.5. The molecule has 0 saturated heterocycles. The van der Waals surface area contributed by atoms with Crippen molar-refractivity contribution in [2.24, 2.45) is 0 Å². The van der Waals surface area contributed by atoms with Gasteiger partial charge in [-0.2, -0.15) is 5.10 Å². The summed E-state index contributed by atoms with van der Waals surface area (Å²) in [7, 11) is 0. The summed E-state index contributed by atoms with van der Waals surface area (Å²) in [6.45, 7) is 4.11. The van der Waals surface area contributed by atoms with Crippen LogP contribution in [0.15, 0.2) is 42.7 Å². The van der Waals surface area contributed by atoms with Gasteiger partial charge in [-0.05, 0) is 23.6 Å². The summed E-state index contributed by atoms with van der Waals surface area (Å²) in [5, 5.41) is 17.2. The van der Waals surface area contributed by atoms with Crippen LogP contribution in [0.1, 0.15) is 18.1 Å². The average Bonchev–Trinajstić information content (AvgIpc) is 2.99. The monoisotopic (exact) mass is 272 g/mol. The first-order chi connectivity index (χ1) is 9.78. The van der Waals surface area contributed by atoms with Gasteiger partial charge in [0.15, 0.2) is 0 Å². The van der Waals surface area contributed by atoms with E-state index in [1.54, 1.807) is 10.9 Å². The summed E-state index contributed by atoms with van der Waals surface area (Å²) in [4.78, 5) is 0. The van der Waals surface area contributed by atoms with E-state index in [2.05, 4.69) is 41.6 Å². The number of hydrogen-bond acceptors (Lipinski definition) is 3. The number of hydrogen-bond donors (Lipinski definition) is 2. The summed E-state index contributed by atoms with van der Waals surface area (Å²) in [5.41, 5.74) is 2.60. The molecule has 0 aliphatic rings. The summed E-state index contributed by atoms with van der Waals surface area (Å²) in [5.74, 6) is 0. The SMILES string of the molecule is CCc1cccc(CNCC(O)[CH]Cn2cccn2)c1. The Morgan fingerprint density at radius 2 is 2.20 bits per heavy atom. The van der Waals surface area contributed by atoms with E-state index in [0.717, 1.165) is 13.0 Å². The Balaban J connectivity index is 1.66. The molecule has 1 radical (unpaired) electrons. The van der Waals surface area contributed by atoms with Crippen molar-refractivity contribution < 1.29 is 5.11 Å². The standard InChI is InChI=1S/C16H22N3O/c1-2-14-5-3-6-15(11-14)12-17-13-16(20)7-10-19-9-4-8-18-19/h3-9,11,16-17,20H,2,10,12-13H2,1H3. The molecule has 1 aromatic carbocycles. The first-order valence-electron chi connectivity index (χ1n) is 7.05. The molecule has 0 fully saturated rings. The van der Waals surface area contributed by atoms with E-state index < -0.39 is 6.10 Å². The summed E-state index contributed by atoms with van der Waals surface area (Å²) >= 11 is 0. The van der Waals surface area contributed by atoms with Gasteiger partial charge < -0.3 is 10.4 Å². The Hall–Kier alpha value is -1.65. The van der Waals surface area contributed by atoms with Gasteiger partial charge in [0.25, 0.3) is 0 Å². The maximum atomic E-state index is 9.87. The predicted molar refractivity (Wildman–Crippen MR) is 80.1 cm³/mol. The van der Waals surface area contributed by atoms with Gasteiger partial charge in [0.05, 0.1) is 6.10 Å². The lowest BCUT2D eigenvalue weighted by Gasteiger charge is -2.12. The van der Waals surface area contributed by atoms with Crippen molar-refractivity contribution >= 4 is 0 Å². The van der Waals surface area contributed by atoms with Gasteiger partial charge in [0.2, 0.25) is 0 Å². The van der Waals surface area contributed by atoms with E-state index in [-0.39, 0.29) is 0 Å². The van der Waals surface area contributed by atoms with Crippen molar-refractivity contribution in [3.63, 3.8) is 0 Å². The fraction of sp³-hybridized carbons (Fsp3) is 0.375. The van der Waals surface area contributed by atoms with Crippen LogP contribution in [0.5, 0.6) is 0 Å². The molecule has 1 atom stereocenters. The molecule has 0 aliphatic carbocycles. The Kier molecular flexibility index (Phi) is 5.77. The summed E-state index contributed by atoms with van der Waals surface area (Å²) in [6.07, 6.45) is 6.05. The maximum Gasteiger partial charge on any atom is 0.0714 e. The Morgan fingerprint density at radius 3 is 2.95 bits per heavy atom. The topological polar surface area (TPSA) is 50.1 Å². The molecule has 2 N–H and O–H groups in total. The first-order valence-corrected chi connectivity index (χ1v) is 7.05. The number of rotatable bonds is 8. The van der Waals surface area contributed by atoms with Crippen LogP contribution in [-0.2, 0) is 19.5 Å². The number of aromatic nitrogens is 2. The number of aliphatic hydroxyl groups is 1. The second kappa shape index (κ2) is 7.82. The van der Waals surface area contributed by atoms with Crippen LogP contribution in [0.4, 0.5) is 0 Å². The number of nitrogens with one attached hydrogen (secondary N) is 1. The number of benzene rings is 1. The molecule has 20 heavy (non-hydrogen) atoms. The predicted octanol–water partition coefficient (Wildman–Crippen LogP) is 1.80. The maximum absolute atomic E-state index is 9.87. The molecule has 1 heterocycles. The molecule has 4 nitrogen and oxygen atoms in total.